The lowest BCUT2D eigenvalue weighted by Gasteiger charge is -2.31. The van der Waals surface area contributed by atoms with E-state index in [1.54, 1.807) is 0 Å². The molecule has 2 rings (SSSR count). The first-order chi connectivity index (χ1) is 9.82. The molecule has 0 bridgehead atoms. The molecule has 0 heterocycles. The highest BCUT2D eigenvalue weighted by molar-refractivity contribution is 5.85. The van der Waals surface area contributed by atoms with Gasteiger partial charge in [0.2, 0.25) is 0 Å². The monoisotopic (exact) mass is 341 g/mol. The van der Waals surface area contributed by atoms with Gasteiger partial charge in [0.25, 0.3) is 0 Å². The molecule has 3 N–H and O–H groups in total. The summed E-state index contributed by atoms with van der Waals surface area (Å²) in [5, 5.41) is 10.2. The van der Waals surface area contributed by atoms with E-state index in [-0.39, 0.29) is 23.9 Å². The van der Waals surface area contributed by atoms with Crippen molar-refractivity contribution in [3.63, 3.8) is 0 Å². The van der Waals surface area contributed by atoms with Crippen LogP contribution in [0, 0.1) is 11.7 Å². The van der Waals surface area contributed by atoms with Crippen molar-refractivity contribution in [3.05, 3.63) is 35.1 Å². The van der Waals surface area contributed by atoms with Gasteiger partial charge in [-0.15, -0.1) is 12.4 Å². The number of aliphatic hydroxyl groups excluding tert-OH is 1. The Kier molecular flexibility index (Phi) is 6.65. The lowest BCUT2D eigenvalue weighted by molar-refractivity contribution is -0.140. The van der Waals surface area contributed by atoms with E-state index in [2.05, 4.69) is 0 Å². The molecule has 0 spiro atoms. The zero-order valence-electron chi connectivity index (χ0n) is 11.9. The number of benzene rings is 1. The first-order valence-corrected chi connectivity index (χ1v) is 7.11. The first kappa shape index (κ1) is 19.2. The second-order valence-corrected chi connectivity index (χ2v) is 5.62. The number of hydrogen-bond donors (Lipinski definition) is 2. The smallest absolute Gasteiger partial charge is 0.391 e. The van der Waals surface area contributed by atoms with Crippen LogP contribution in [0.2, 0.25) is 0 Å². The number of rotatable bonds is 3. The standard InChI is InChI=1S/C15H19F4NO.ClH/c16-12-10(7-4-8-11(12)15(17,18)19)13(20)14(21)9-5-2-1-3-6-9;/h4,7-9,13-14,21H,1-3,5-6,20H2;1H/t13-,14+;/m1./s1. The fraction of sp³-hybridized carbons (Fsp3) is 0.600. The summed E-state index contributed by atoms with van der Waals surface area (Å²) in [6, 6.07) is 1.87. The van der Waals surface area contributed by atoms with Gasteiger partial charge in [-0.1, -0.05) is 31.4 Å². The molecule has 1 aromatic carbocycles. The number of halogens is 5. The van der Waals surface area contributed by atoms with E-state index < -0.39 is 29.7 Å². The molecule has 1 saturated carbocycles. The molecule has 1 aliphatic rings. The Morgan fingerprint density at radius 3 is 2.27 bits per heavy atom. The fourth-order valence-electron chi connectivity index (χ4n) is 2.98. The second-order valence-electron chi connectivity index (χ2n) is 5.62. The van der Waals surface area contributed by atoms with E-state index >= 15 is 0 Å². The van der Waals surface area contributed by atoms with Crippen molar-refractivity contribution in [2.75, 3.05) is 0 Å². The van der Waals surface area contributed by atoms with Gasteiger partial charge in [-0.25, -0.2) is 4.39 Å². The molecule has 22 heavy (non-hydrogen) atoms. The average Bonchev–Trinajstić information content (AvgIpc) is 2.45. The summed E-state index contributed by atoms with van der Waals surface area (Å²) in [5.41, 5.74) is 4.21. The predicted octanol–water partition coefficient (Wildman–Crippen LogP) is 4.21. The molecule has 0 saturated heterocycles. The summed E-state index contributed by atoms with van der Waals surface area (Å²) in [7, 11) is 0. The Labute approximate surface area is 133 Å². The number of alkyl halides is 3. The third-order valence-electron chi connectivity index (χ3n) is 4.19. The maximum Gasteiger partial charge on any atom is 0.419 e. The van der Waals surface area contributed by atoms with E-state index in [1.807, 2.05) is 0 Å². The summed E-state index contributed by atoms with van der Waals surface area (Å²) >= 11 is 0. The van der Waals surface area contributed by atoms with Crippen molar-refractivity contribution < 1.29 is 22.7 Å². The van der Waals surface area contributed by atoms with Crippen molar-refractivity contribution >= 4 is 12.4 Å². The van der Waals surface area contributed by atoms with Gasteiger partial charge < -0.3 is 10.8 Å². The minimum atomic E-state index is -4.77. The summed E-state index contributed by atoms with van der Waals surface area (Å²) < 4.78 is 52.1. The molecule has 0 aliphatic heterocycles. The van der Waals surface area contributed by atoms with Gasteiger partial charge in [0.1, 0.15) is 5.82 Å². The zero-order valence-corrected chi connectivity index (χ0v) is 12.8. The predicted molar refractivity (Wildman–Crippen MR) is 78.2 cm³/mol. The lowest BCUT2D eigenvalue weighted by atomic mass is 9.81. The average molecular weight is 342 g/mol. The van der Waals surface area contributed by atoms with Gasteiger partial charge in [-0.2, -0.15) is 13.2 Å². The fourth-order valence-corrected chi connectivity index (χ4v) is 2.98. The molecule has 1 aromatic rings. The van der Waals surface area contributed by atoms with E-state index in [4.69, 9.17) is 5.73 Å². The van der Waals surface area contributed by atoms with Crippen molar-refractivity contribution in [3.8, 4) is 0 Å². The summed E-state index contributed by atoms with van der Waals surface area (Å²) in [6.45, 7) is 0. The molecule has 2 atom stereocenters. The van der Waals surface area contributed by atoms with E-state index in [9.17, 15) is 22.7 Å². The van der Waals surface area contributed by atoms with Crippen LogP contribution in [0.25, 0.3) is 0 Å². The van der Waals surface area contributed by atoms with Crippen molar-refractivity contribution in [1.82, 2.24) is 0 Å². The van der Waals surface area contributed by atoms with Crippen LogP contribution in [0.1, 0.15) is 49.3 Å². The largest absolute Gasteiger partial charge is 0.419 e. The van der Waals surface area contributed by atoms with Crippen LogP contribution in [0.5, 0.6) is 0 Å². The van der Waals surface area contributed by atoms with E-state index in [0.29, 0.717) is 6.07 Å². The number of nitrogens with two attached hydrogens (primary N) is 1. The van der Waals surface area contributed by atoms with Gasteiger partial charge in [0.05, 0.1) is 17.7 Å². The van der Waals surface area contributed by atoms with Crippen LogP contribution >= 0.6 is 12.4 Å². The molecular formula is C15H20ClF4NO. The quantitative estimate of drug-likeness (QED) is 0.809. The van der Waals surface area contributed by atoms with Gasteiger partial charge in [0.15, 0.2) is 0 Å². The molecule has 0 amide bonds. The molecule has 0 unspecified atom stereocenters. The number of hydrogen-bond acceptors (Lipinski definition) is 2. The molecule has 1 fully saturated rings. The molecular weight excluding hydrogens is 322 g/mol. The third kappa shape index (κ3) is 4.12. The number of aliphatic hydroxyl groups is 1. The highest BCUT2D eigenvalue weighted by Crippen LogP contribution is 2.36. The van der Waals surface area contributed by atoms with Crippen LogP contribution in [0.15, 0.2) is 18.2 Å². The van der Waals surface area contributed by atoms with Crippen LogP contribution in [0.4, 0.5) is 17.6 Å². The molecule has 0 aromatic heterocycles. The molecule has 126 valence electrons. The molecule has 2 nitrogen and oxygen atoms in total. The summed E-state index contributed by atoms with van der Waals surface area (Å²) in [6.07, 6.45) is -1.25. The topological polar surface area (TPSA) is 46.2 Å². The third-order valence-corrected chi connectivity index (χ3v) is 4.19. The van der Waals surface area contributed by atoms with Crippen LogP contribution in [-0.2, 0) is 6.18 Å². The Morgan fingerprint density at radius 2 is 1.73 bits per heavy atom. The highest BCUT2D eigenvalue weighted by Gasteiger charge is 2.37. The van der Waals surface area contributed by atoms with Gasteiger partial charge in [0, 0.05) is 5.56 Å². The Balaban J connectivity index is 0.00000242. The van der Waals surface area contributed by atoms with Crippen molar-refractivity contribution in [1.29, 1.82) is 0 Å². The van der Waals surface area contributed by atoms with E-state index in [1.165, 1.54) is 6.07 Å². The van der Waals surface area contributed by atoms with Crippen molar-refractivity contribution in [2.45, 2.75) is 50.4 Å². The Hall–Kier alpha value is -0.850. The van der Waals surface area contributed by atoms with Crippen LogP contribution < -0.4 is 5.73 Å². The van der Waals surface area contributed by atoms with Gasteiger partial charge in [-0.3, -0.25) is 0 Å². The zero-order chi connectivity index (χ0) is 15.6. The van der Waals surface area contributed by atoms with Crippen LogP contribution in [0.3, 0.4) is 0 Å². The lowest BCUT2D eigenvalue weighted by Crippen LogP contribution is -2.35. The van der Waals surface area contributed by atoms with Gasteiger partial charge >= 0.3 is 6.18 Å². The minimum absolute atomic E-state index is 0. The Bertz CT molecular complexity index is 489. The van der Waals surface area contributed by atoms with Crippen molar-refractivity contribution in [2.24, 2.45) is 11.7 Å². The summed E-state index contributed by atoms with van der Waals surface area (Å²) in [4.78, 5) is 0. The maximum atomic E-state index is 14.0. The molecule has 0 radical (unpaired) electrons. The molecule has 7 heteroatoms. The minimum Gasteiger partial charge on any atom is -0.391 e. The normalized spacial score (nSPS) is 19.4. The highest BCUT2D eigenvalue weighted by atomic mass is 35.5. The van der Waals surface area contributed by atoms with Gasteiger partial charge in [-0.05, 0) is 24.8 Å². The second kappa shape index (κ2) is 7.62. The molecule has 1 aliphatic carbocycles. The maximum absolute atomic E-state index is 14.0. The van der Waals surface area contributed by atoms with Crippen LogP contribution in [-0.4, -0.2) is 11.2 Å². The SMILES string of the molecule is Cl.N[C@H](c1cccc(C(F)(F)F)c1F)[C@@H](O)C1CCCCC1. The van der Waals surface area contributed by atoms with E-state index in [0.717, 1.165) is 38.2 Å². The summed E-state index contributed by atoms with van der Waals surface area (Å²) in [5.74, 6) is -1.46. The first-order valence-electron chi connectivity index (χ1n) is 7.11. The Morgan fingerprint density at radius 1 is 1.14 bits per heavy atom.